The standard InChI is InChI=1S/C39H76N5O16PS/c1-6-15-53-17-12-40-35(45)9-7-33(38(48)41-13-18-55-22-20-51-4)43-36(46)10-8-34(39(49)42-14-19-56-23-21-52-5)44-37(47)11-16-54-24-25-57-26-27-58-28-29-59-30-31-60-61(50,62)32(2)3/h32-34H,6-31H2,1-5H3,(H,40,45)(H,41,48)(H,42,49)(H,43,46)(H,44,47)(H,50,62). The fourth-order valence-electron chi connectivity index (χ4n) is 4.75. The van der Waals surface area contributed by atoms with Crippen LogP contribution in [0.2, 0.25) is 0 Å². The van der Waals surface area contributed by atoms with E-state index in [1.165, 1.54) is 0 Å². The van der Waals surface area contributed by atoms with Crippen LogP contribution in [0, 0.1) is 0 Å². The molecule has 5 amide bonds. The molecule has 0 saturated heterocycles. The largest absolute Gasteiger partial charge is 0.382 e. The van der Waals surface area contributed by atoms with E-state index in [1.807, 2.05) is 20.8 Å². The van der Waals surface area contributed by atoms with Crippen LogP contribution < -0.4 is 26.6 Å². The Hall–Kier alpha value is -2.44. The Bertz CT molecular complexity index is 1230. The molecule has 0 heterocycles. The molecule has 0 aromatic rings. The van der Waals surface area contributed by atoms with Gasteiger partial charge in [-0.1, -0.05) is 20.8 Å². The van der Waals surface area contributed by atoms with Gasteiger partial charge in [0.1, 0.15) is 12.1 Å². The number of carbonyl (C=O) groups excluding carboxylic acids is 5. The van der Waals surface area contributed by atoms with Gasteiger partial charge in [0.15, 0.2) is 6.49 Å². The molecule has 0 aromatic heterocycles. The van der Waals surface area contributed by atoms with Crippen LogP contribution in [0.15, 0.2) is 0 Å². The van der Waals surface area contributed by atoms with Gasteiger partial charge < -0.3 is 78.6 Å². The molecule has 0 bridgehead atoms. The molecule has 0 spiro atoms. The molecule has 0 rings (SSSR count). The molecule has 0 saturated carbocycles. The second-order valence-electron chi connectivity index (χ2n) is 13.8. The molecule has 0 radical (unpaired) electrons. The third kappa shape index (κ3) is 36.0. The fourth-order valence-corrected chi connectivity index (χ4v) is 5.61. The van der Waals surface area contributed by atoms with Crippen LogP contribution in [0.3, 0.4) is 0 Å². The van der Waals surface area contributed by atoms with Crippen molar-refractivity contribution >= 4 is 47.8 Å². The van der Waals surface area contributed by atoms with Gasteiger partial charge in [-0.15, -0.1) is 0 Å². The molecule has 62 heavy (non-hydrogen) atoms. The quantitative estimate of drug-likeness (QED) is 0.0342. The number of amides is 5. The summed E-state index contributed by atoms with van der Waals surface area (Å²) in [5.74, 6) is -2.35. The summed E-state index contributed by atoms with van der Waals surface area (Å²) < 4.78 is 53.2. The van der Waals surface area contributed by atoms with Crippen molar-refractivity contribution < 1.29 is 76.0 Å². The number of hydrogen-bond donors (Lipinski definition) is 6. The first-order chi connectivity index (χ1) is 29.9. The van der Waals surface area contributed by atoms with Gasteiger partial charge in [-0.2, -0.15) is 0 Å². The third-order valence-corrected chi connectivity index (χ3v) is 11.7. The Labute approximate surface area is 372 Å². The van der Waals surface area contributed by atoms with E-state index in [9.17, 15) is 28.9 Å². The molecule has 21 nitrogen and oxygen atoms in total. The van der Waals surface area contributed by atoms with E-state index < -0.39 is 42.2 Å². The maximum absolute atomic E-state index is 13.2. The van der Waals surface area contributed by atoms with Crippen LogP contribution in [0.4, 0.5) is 0 Å². The van der Waals surface area contributed by atoms with Crippen LogP contribution in [0.25, 0.3) is 0 Å². The molecule has 364 valence electrons. The summed E-state index contributed by atoms with van der Waals surface area (Å²) in [5.41, 5.74) is -0.111. The van der Waals surface area contributed by atoms with Gasteiger partial charge in [0.25, 0.3) is 0 Å². The number of hydrogen-bond acceptors (Lipinski definition) is 16. The molecular formula is C39H76N5O16PS. The van der Waals surface area contributed by atoms with Crippen molar-refractivity contribution in [2.24, 2.45) is 0 Å². The van der Waals surface area contributed by atoms with Gasteiger partial charge in [0.2, 0.25) is 29.5 Å². The highest BCUT2D eigenvalue weighted by Gasteiger charge is 2.25. The van der Waals surface area contributed by atoms with Crippen molar-refractivity contribution in [3.63, 3.8) is 0 Å². The summed E-state index contributed by atoms with van der Waals surface area (Å²) in [6.45, 7) is 8.78. The van der Waals surface area contributed by atoms with Crippen LogP contribution in [0.1, 0.15) is 59.3 Å². The maximum Gasteiger partial charge on any atom is 0.242 e. The Kier molecular flexibility index (Phi) is 39.7. The topological polar surface area (TPSA) is 258 Å². The molecule has 0 aliphatic rings. The molecule has 3 atom stereocenters. The zero-order valence-corrected chi connectivity index (χ0v) is 39.3. The van der Waals surface area contributed by atoms with E-state index >= 15 is 0 Å². The predicted molar refractivity (Wildman–Crippen MR) is 233 cm³/mol. The smallest absolute Gasteiger partial charge is 0.242 e. The highest BCUT2D eigenvalue weighted by molar-refractivity contribution is 8.09. The van der Waals surface area contributed by atoms with E-state index in [4.69, 9.17) is 59.0 Å². The first kappa shape index (κ1) is 59.6. The Morgan fingerprint density at radius 1 is 0.500 bits per heavy atom. The average molecular weight is 934 g/mol. The van der Waals surface area contributed by atoms with Crippen LogP contribution in [0.5, 0.6) is 0 Å². The maximum atomic E-state index is 13.2. The fraction of sp³-hybridized carbons (Fsp3) is 0.872. The van der Waals surface area contributed by atoms with Crippen molar-refractivity contribution in [1.82, 2.24) is 26.6 Å². The van der Waals surface area contributed by atoms with E-state index in [-0.39, 0.29) is 96.4 Å². The summed E-state index contributed by atoms with van der Waals surface area (Å²) in [5, 5.41) is 13.5. The van der Waals surface area contributed by atoms with Crippen molar-refractivity contribution in [3.8, 4) is 0 Å². The average Bonchev–Trinajstić information content (AvgIpc) is 3.24. The number of nitrogens with one attached hydrogen (secondary N) is 5. The van der Waals surface area contributed by atoms with Gasteiger partial charge in [-0.05, 0) is 31.1 Å². The van der Waals surface area contributed by atoms with Gasteiger partial charge in [0.05, 0.1) is 106 Å². The molecule has 0 fully saturated rings. The zero-order chi connectivity index (χ0) is 46.1. The first-order valence-electron chi connectivity index (χ1n) is 21.3. The summed E-state index contributed by atoms with van der Waals surface area (Å²) in [6.07, 6.45) is 0.485. The SMILES string of the molecule is CCCOCCNC(=O)CCC(NC(=O)CCC(NC(=O)CCOCCOCCOCCOCCOP(O)(=S)C(C)C)C(=O)NCCOCCOC)C(=O)NCCOCCOC. The summed E-state index contributed by atoms with van der Waals surface area (Å²) in [7, 11) is 3.09. The Morgan fingerprint density at radius 3 is 1.32 bits per heavy atom. The summed E-state index contributed by atoms with van der Waals surface area (Å²) in [6, 6.07) is -2.13. The van der Waals surface area contributed by atoms with Gasteiger partial charge >= 0.3 is 0 Å². The Morgan fingerprint density at radius 2 is 0.871 bits per heavy atom. The monoisotopic (exact) mass is 933 g/mol. The molecule has 3 unspecified atom stereocenters. The van der Waals surface area contributed by atoms with Crippen LogP contribution in [-0.4, -0.2) is 198 Å². The Balaban J connectivity index is 4.91. The highest BCUT2D eigenvalue weighted by Crippen LogP contribution is 2.47. The number of ether oxygens (including phenoxy) is 9. The molecule has 0 aromatic carbocycles. The lowest BCUT2D eigenvalue weighted by Gasteiger charge is -2.21. The predicted octanol–water partition coefficient (Wildman–Crippen LogP) is -0.199. The van der Waals surface area contributed by atoms with Crippen LogP contribution in [-0.2, 0) is 82.9 Å². The number of carbonyl (C=O) groups is 5. The molecular weight excluding hydrogens is 857 g/mol. The van der Waals surface area contributed by atoms with Gasteiger partial charge in [0, 0.05) is 65.4 Å². The van der Waals surface area contributed by atoms with E-state index in [1.54, 1.807) is 14.2 Å². The van der Waals surface area contributed by atoms with E-state index in [2.05, 4.69) is 26.6 Å². The normalized spacial score (nSPS) is 13.3. The minimum absolute atomic E-state index is 0.0161. The number of rotatable bonds is 44. The second kappa shape index (κ2) is 41.3. The molecule has 0 aliphatic heterocycles. The third-order valence-electron chi connectivity index (χ3n) is 8.24. The molecule has 6 N–H and O–H groups in total. The lowest BCUT2D eigenvalue weighted by atomic mass is 10.1. The highest BCUT2D eigenvalue weighted by atomic mass is 32.5. The van der Waals surface area contributed by atoms with Crippen molar-refractivity contribution in [3.05, 3.63) is 0 Å². The van der Waals surface area contributed by atoms with Crippen LogP contribution >= 0.6 is 6.49 Å². The van der Waals surface area contributed by atoms with Gasteiger partial charge in [-0.3, -0.25) is 24.0 Å². The van der Waals surface area contributed by atoms with Gasteiger partial charge in [-0.25, -0.2) is 0 Å². The van der Waals surface area contributed by atoms with E-state index in [0.717, 1.165) is 6.42 Å². The first-order valence-corrected chi connectivity index (χ1v) is 24.0. The molecule has 23 heteroatoms. The second-order valence-corrected chi connectivity index (χ2v) is 17.8. The van der Waals surface area contributed by atoms with Crippen molar-refractivity contribution in [1.29, 1.82) is 0 Å². The number of methoxy groups -OCH3 is 2. The summed E-state index contributed by atoms with van der Waals surface area (Å²) in [4.78, 5) is 74.7. The van der Waals surface area contributed by atoms with E-state index in [0.29, 0.717) is 79.2 Å². The summed E-state index contributed by atoms with van der Waals surface area (Å²) >= 11 is 5.06. The van der Waals surface area contributed by atoms with Crippen molar-refractivity contribution in [2.75, 3.05) is 146 Å². The molecule has 0 aliphatic carbocycles. The minimum Gasteiger partial charge on any atom is -0.382 e. The minimum atomic E-state index is -2.78. The van der Waals surface area contributed by atoms with Crippen molar-refractivity contribution in [2.45, 2.75) is 77.0 Å². The lowest BCUT2D eigenvalue weighted by molar-refractivity contribution is -0.131. The zero-order valence-electron chi connectivity index (χ0n) is 37.5. The lowest BCUT2D eigenvalue weighted by Crippen LogP contribution is -2.50.